The molecule has 0 radical (unpaired) electrons. The average Bonchev–Trinajstić information content (AvgIpc) is 1.03. The molecule has 0 unspecified atom stereocenters. The first-order valence-electron chi connectivity index (χ1n) is 34.6. The van der Waals surface area contributed by atoms with Crippen molar-refractivity contribution in [1.82, 2.24) is 19.9 Å². The largest absolute Gasteiger partial charge is 0.309 e. The molecule has 15 aromatic carbocycles. The Morgan fingerprint density at radius 3 is 0.923 bits per heavy atom. The van der Waals surface area contributed by atoms with Crippen LogP contribution in [0.2, 0.25) is 0 Å². The summed E-state index contributed by atoms with van der Waals surface area (Å²) in [6.07, 6.45) is 0. The summed E-state index contributed by atoms with van der Waals surface area (Å²) >= 11 is 6.80. The minimum absolute atomic E-state index is 0.775. The number of para-hydroxylation sites is 2. The summed E-state index contributed by atoms with van der Waals surface area (Å²) in [5, 5.41) is 6.10. The summed E-state index contributed by atoms with van der Waals surface area (Å²) in [4.78, 5) is 21.3. The Bertz CT molecular complexity index is 6380. The van der Waals surface area contributed by atoms with Gasteiger partial charge in [-0.1, -0.05) is 261 Å². The van der Waals surface area contributed by atoms with Gasteiger partial charge in [0.2, 0.25) is 0 Å². The summed E-state index contributed by atoms with van der Waals surface area (Å²) < 4.78 is 20.2. The van der Waals surface area contributed by atoms with Crippen LogP contribution in [0.4, 0.5) is 0 Å². The van der Waals surface area contributed by atoms with Crippen molar-refractivity contribution in [3.63, 3.8) is 0 Å². The molecular weight excluding hydrogens is 1360 g/mol. The summed E-state index contributed by atoms with van der Waals surface area (Å²) in [5.74, 6) is 0. The fraction of sp³-hybridized carbons (Fsp3) is 0. The maximum Gasteiger partial charge on any atom is 0.171 e. The maximum absolute atomic E-state index is 15.7. The van der Waals surface area contributed by atoms with Crippen molar-refractivity contribution < 1.29 is 4.57 Å². The second-order valence-corrected chi connectivity index (χ2v) is 32.8. The molecule has 0 aliphatic carbocycles. The monoisotopic (exact) mass is 1420 g/mol. The van der Waals surface area contributed by atoms with Crippen molar-refractivity contribution >= 4 is 109 Å². The Labute approximate surface area is 618 Å². The van der Waals surface area contributed by atoms with Crippen LogP contribution in [-0.2, 0) is 4.57 Å². The van der Waals surface area contributed by atoms with Gasteiger partial charge in [0.15, 0.2) is 7.14 Å². The number of benzene rings is 15. The third kappa shape index (κ3) is 11.8. The van der Waals surface area contributed by atoms with E-state index in [2.05, 4.69) is 279 Å². The predicted molar refractivity (Wildman–Crippen MR) is 444 cm³/mol. The lowest BCUT2D eigenvalue weighted by Crippen LogP contribution is -2.25. The van der Waals surface area contributed by atoms with E-state index >= 15 is 4.57 Å². The van der Waals surface area contributed by atoms with Crippen molar-refractivity contribution in [2.45, 2.75) is 0 Å². The Hall–Kier alpha value is -11.9. The average molecular weight is 1420 g/mol. The van der Waals surface area contributed by atoms with Gasteiger partial charge in [-0.05, 0) is 186 Å². The van der Waals surface area contributed by atoms with E-state index in [1.165, 1.54) is 27.8 Å². The summed E-state index contributed by atoms with van der Waals surface area (Å²) in [5.41, 5.74) is 25.8. The molecule has 4 heterocycles. The molecule has 0 saturated heterocycles. The molecular formula is C94H59N4OPS4. The second kappa shape index (κ2) is 26.8. The van der Waals surface area contributed by atoms with E-state index in [4.69, 9.17) is 19.9 Å². The highest BCUT2D eigenvalue weighted by molar-refractivity contribution is 7.85. The van der Waals surface area contributed by atoms with Crippen LogP contribution in [0.1, 0.15) is 0 Å². The van der Waals surface area contributed by atoms with E-state index in [0.29, 0.717) is 0 Å². The van der Waals surface area contributed by atoms with Crippen molar-refractivity contribution in [2.75, 3.05) is 0 Å². The Balaban J connectivity index is 0.686. The molecule has 5 nitrogen and oxygen atoms in total. The number of hydrogen-bond acceptors (Lipinski definition) is 9. The van der Waals surface area contributed by atoms with Crippen molar-refractivity contribution in [2.24, 2.45) is 0 Å². The van der Waals surface area contributed by atoms with Gasteiger partial charge in [0, 0.05) is 38.2 Å². The smallest absolute Gasteiger partial charge is 0.171 e. The number of rotatable bonds is 15. The van der Waals surface area contributed by atoms with Gasteiger partial charge in [-0.15, -0.1) is 45.3 Å². The van der Waals surface area contributed by atoms with E-state index in [1.54, 1.807) is 45.3 Å². The number of fused-ring (bicyclic) bond motifs is 4. The van der Waals surface area contributed by atoms with Crippen molar-refractivity contribution in [1.29, 1.82) is 0 Å². The van der Waals surface area contributed by atoms with Gasteiger partial charge in [-0.3, -0.25) is 0 Å². The van der Waals surface area contributed by atoms with Gasteiger partial charge in [0.05, 0.1) is 40.9 Å². The zero-order chi connectivity index (χ0) is 69.1. The normalized spacial score (nSPS) is 11.7. The van der Waals surface area contributed by atoms with Crippen molar-refractivity contribution in [3.05, 3.63) is 358 Å². The van der Waals surface area contributed by atoms with Gasteiger partial charge >= 0.3 is 0 Å². The van der Waals surface area contributed by atoms with E-state index in [0.717, 1.165) is 160 Å². The van der Waals surface area contributed by atoms with Crippen LogP contribution in [0, 0.1) is 0 Å². The molecule has 0 saturated carbocycles. The Kier molecular flexibility index (Phi) is 16.2. The minimum Gasteiger partial charge on any atom is -0.309 e. The first-order chi connectivity index (χ1) is 51.3. The summed E-state index contributed by atoms with van der Waals surface area (Å²) in [6, 6.07) is 127. The molecule has 0 N–H and O–H groups in total. The molecule has 0 spiro atoms. The van der Waals surface area contributed by atoms with E-state index in [9.17, 15) is 0 Å². The summed E-state index contributed by atoms with van der Waals surface area (Å²) in [6.45, 7) is 0. The van der Waals surface area contributed by atoms with Crippen LogP contribution in [0.25, 0.3) is 172 Å². The third-order valence-electron chi connectivity index (χ3n) is 19.5. The maximum atomic E-state index is 15.7. The highest BCUT2D eigenvalue weighted by Crippen LogP contribution is 2.52. The topological polar surface area (TPSA) is 68.6 Å². The van der Waals surface area contributed by atoms with Gasteiger partial charge in [-0.25, -0.2) is 19.9 Å². The first-order valence-corrected chi connectivity index (χ1v) is 39.5. The number of nitrogens with zero attached hydrogens (tertiary/aromatic N) is 4. The molecule has 104 heavy (non-hydrogen) atoms. The summed E-state index contributed by atoms with van der Waals surface area (Å²) in [7, 11) is -3.25. The van der Waals surface area contributed by atoms with Gasteiger partial charge in [-0.2, -0.15) is 0 Å². The second-order valence-electron chi connectivity index (χ2n) is 25.9. The lowest BCUT2D eigenvalue weighted by Gasteiger charge is -2.24. The highest BCUT2D eigenvalue weighted by Gasteiger charge is 2.31. The van der Waals surface area contributed by atoms with E-state index in [-0.39, 0.29) is 0 Å². The SMILES string of the molecule is O=P(c1ccccc1)(c1ccccc1)c1cccc(-c2cc(-c3nc4ccccc4s3)cc(-c3nc4cc(-c5ccc6sc(-c7cc(-c8ccc(-c9cc(-c%10ccccc%10)c(-c%10ccccc%10)c(-c%10ccccc%10)c9-c9ccccc9)cc8)cc(-c8nc9ccccc9s8)c7)nc6c5)ccc4s3)c2)c1. The molecule has 0 atom stereocenters. The lowest BCUT2D eigenvalue weighted by molar-refractivity contribution is 0.592. The Morgan fingerprint density at radius 1 is 0.192 bits per heavy atom. The van der Waals surface area contributed by atoms with Crippen LogP contribution in [0.15, 0.2) is 358 Å². The third-order valence-corrected chi connectivity index (χ3v) is 26.9. The number of hydrogen-bond donors (Lipinski definition) is 0. The predicted octanol–water partition coefficient (Wildman–Crippen LogP) is 25.8. The number of aromatic nitrogens is 4. The van der Waals surface area contributed by atoms with Gasteiger partial charge < -0.3 is 4.57 Å². The molecule has 19 rings (SSSR count). The molecule has 4 aromatic heterocycles. The lowest BCUT2D eigenvalue weighted by atomic mass is 9.79. The Morgan fingerprint density at radius 2 is 0.490 bits per heavy atom. The minimum atomic E-state index is -3.25. The fourth-order valence-corrected chi connectivity index (χ4v) is 20.9. The van der Waals surface area contributed by atoms with Crippen LogP contribution >= 0.6 is 52.5 Å². The molecule has 19 aromatic rings. The molecule has 10 heteroatoms. The van der Waals surface area contributed by atoms with Crippen molar-refractivity contribution in [3.8, 4) is 131 Å². The molecule has 0 amide bonds. The first kappa shape index (κ1) is 63.0. The van der Waals surface area contributed by atoms with Crippen LogP contribution in [-0.4, -0.2) is 19.9 Å². The fourth-order valence-electron chi connectivity index (χ4n) is 14.4. The van der Waals surface area contributed by atoms with Crippen LogP contribution in [0.5, 0.6) is 0 Å². The van der Waals surface area contributed by atoms with Crippen LogP contribution in [0.3, 0.4) is 0 Å². The van der Waals surface area contributed by atoms with Crippen LogP contribution < -0.4 is 15.9 Å². The molecule has 0 bridgehead atoms. The molecule has 0 aliphatic rings. The molecule has 0 aliphatic heterocycles. The van der Waals surface area contributed by atoms with E-state index in [1.807, 2.05) is 78.9 Å². The van der Waals surface area contributed by atoms with E-state index < -0.39 is 7.14 Å². The standard InChI is InChI=1S/C94H59N4OPS4/c99-100(75-33-15-5-16-34-75,76-35-17-6-18-36-76)77-37-23-32-66(56-77)70-52-73(92-96-81-39-20-22-41-85(81)102-92)55-74(53-70)94-98-83-58-68(47-49-87(83)104-94)67-46-48-86-82(57-67)97-93(103-86)72-51-69(50-71(54-72)91-95-80-38-19-21-40-84(80)101-91)60-42-44-62(45-43-60)79-59-78(61-24-7-1-8-25-61)88(63-26-9-2-10-27-63)90(65-30-13-4-14-31-65)89(79)64-28-11-3-12-29-64/h1-59H. The highest BCUT2D eigenvalue weighted by atomic mass is 32.1. The molecule has 0 fully saturated rings. The quantitative estimate of drug-likeness (QED) is 0.0957. The zero-order valence-corrected chi connectivity index (χ0v) is 60.0. The zero-order valence-electron chi connectivity index (χ0n) is 55.8. The number of thiazole rings is 4. The molecule has 490 valence electrons. The van der Waals surface area contributed by atoms with Gasteiger partial charge in [0.1, 0.15) is 20.0 Å². The van der Waals surface area contributed by atoms with Gasteiger partial charge in [0.25, 0.3) is 0 Å².